The van der Waals surface area contributed by atoms with Crippen LogP contribution in [0.25, 0.3) is 0 Å². The topological polar surface area (TPSA) is 0 Å². The molecule has 0 saturated carbocycles. The molecule has 0 aliphatic heterocycles. The van der Waals surface area contributed by atoms with Gasteiger partial charge in [0.25, 0.3) is 0 Å². The van der Waals surface area contributed by atoms with E-state index < -0.39 is 0 Å². The van der Waals surface area contributed by atoms with Crippen LogP contribution in [0.5, 0.6) is 0 Å². The molecule has 0 saturated heterocycles. The third-order valence-corrected chi connectivity index (χ3v) is 6.14. The van der Waals surface area contributed by atoms with E-state index in [0.717, 1.165) is 5.92 Å². The minimum absolute atomic E-state index is 0.532. The van der Waals surface area contributed by atoms with Gasteiger partial charge < -0.3 is 0 Å². The van der Waals surface area contributed by atoms with Crippen LogP contribution in [-0.2, 0) is 12.8 Å². The number of fused-ring (bicyclic) bond motifs is 1. The number of thiophene rings is 1. The molecule has 2 aromatic rings. The lowest BCUT2D eigenvalue weighted by Crippen LogP contribution is -2.08. The second kappa shape index (κ2) is 6.23. The molecule has 0 fully saturated rings. The van der Waals surface area contributed by atoms with Crippen molar-refractivity contribution in [2.75, 3.05) is 0 Å². The van der Waals surface area contributed by atoms with E-state index in [0.29, 0.717) is 4.83 Å². The number of halogens is 1. The summed E-state index contributed by atoms with van der Waals surface area (Å²) in [7, 11) is 0. The first-order valence-electron chi connectivity index (χ1n) is 7.07. The lowest BCUT2D eigenvalue weighted by Gasteiger charge is -2.21. The molecule has 2 unspecified atom stereocenters. The molecule has 2 atom stereocenters. The number of hydrogen-bond donors (Lipinski definition) is 0. The lowest BCUT2D eigenvalue weighted by atomic mass is 9.91. The van der Waals surface area contributed by atoms with Gasteiger partial charge in [0.15, 0.2) is 0 Å². The average Bonchev–Trinajstić information content (AvgIpc) is 2.90. The van der Waals surface area contributed by atoms with Crippen molar-refractivity contribution in [3.8, 4) is 0 Å². The van der Waals surface area contributed by atoms with E-state index >= 15 is 0 Å². The van der Waals surface area contributed by atoms with Gasteiger partial charge in [-0.2, -0.15) is 11.3 Å². The highest BCUT2D eigenvalue weighted by Gasteiger charge is 2.25. The average molecular weight is 335 g/mol. The predicted molar refractivity (Wildman–Crippen MR) is 87.2 cm³/mol. The van der Waals surface area contributed by atoms with Gasteiger partial charge in [0.05, 0.1) is 0 Å². The molecule has 0 N–H and O–H groups in total. The van der Waals surface area contributed by atoms with Crippen LogP contribution in [0.3, 0.4) is 0 Å². The molecule has 1 aromatic carbocycles. The molecule has 19 heavy (non-hydrogen) atoms. The van der Waals surface area contributed by atoms with Gasteiger partial charge in [-0.3, -0.25) is 0 Å². The molecule has 1 heterocycles. The normalized spacial score (nSPS) is 22.8. The fourth-order valence-corrected chi connectivity index (χ4v) is 4.74. The summed E-state index contributed by atoms with van der Waals surface area (Å²) >= 11 is 5.78. The Bertz CT molecular complexity index is 518. The molecule has 0 radical (unpaired) electrons. The predicted octanol–water partition coefficient (Wildman–Crippen LogP) is 5.77. The summed E-state index contributed by atoms with van der Waals surface area (Å²) in [5.74, 6) is 0.767. The van der Waals surface area contributed by atoms with Crippen LogP contribution in [0.4, 0.5) is 0 Å². The van der Waals surface area contributed by atoms with Crippen molar-refractivity contribution in [1.82, 2.24) is 0 Å². The Labute approximate surface area is 128 Å². The van der Waals surface area contributed by atoms with E-state index in [9.17, 15) is 0 Å². The Hall–Kier alpha value is -0.600. The Morgan fingerprint density at radius 3 is 2.95 bits per heavy atom. The summed E-state index contributed by atoms with van der Waals surface area (Å²) in [6.45, 7) is 0. The summed E-state index contributed by atoms with van der Waals surface area (Å²) in [6, 6.07) is 11.2. The third kappa shape index (κ3) is 3.11. The van der Waals surface area contributed by atoms with Crippen LogP contribution in [0.2, 0.25) is 0 Å². The van der Waals surface area contributed by atoms with Crippen molar-refractivity contribution in [2.45, 2.75) is 36.9 Å². The van der Waals surface area contributed by atoms with Crippen molar-refractivity contribution in [1.29, 1.82) is 0 Å². The lowest BCUT2D eigenvalue weighted by molar-refractivity contribution is 0.444. The maximum atomic E-state index is 3.97. The van der Waals surface area contributed by atoms with E-state index in [1.807, 2.05) is 11.3 Å². The monoisotopic (exact) mass is 334 g/mol. The van der Waals surface area contributed by atoms with E-state index in [1.54, 1.807) is 5.56 Å². The molecule has 100 valence electrons. The first-order chi connectivity index (χ1) is 9.34. The van der Waals surface area contributed by atoms with E-state index in [-0.39, 0.29) is 0 Å². The number of benzene rings is 1. The van der Waals surface area contributed by atoms with Crippen LogP contribution in [0.1, 0.15) is 40.8 Å². The Kier molecular flexibility index (Phi) is 4.39. The summed E-state index contributed by atoms with van der Waals surface area (Å²) in [4.78, 5) is 0.532. The van der Waals surface area contributed by atoms with Gasteiger partial charge >= 0.3 is 0 Å². The molecule has 0 bridgehead atoms. The maximum Gasteiger partial charge on any atom is 0.0426 e. The number of rotatable bonds is 3. The van der Waals surface area contributed by atoms with Gasteiger partial charge in [-0.1, -0.05) is 40.2 Å². The molecule has 0 nitrogen and oxygen atoms in total. The third-order valence-electron chi connectivity index (χ3n) is 4.17. The minimum atomic E-state index is 0.532. The van der Waals surface area contributed by atoms with Gasteiger partial charge in [-0.05, 0) is 71.5 Å². The SMILES string of the molecule is BrC1c2ccccc2CCCC1CCc1ccsc1. The molecule has 0 amide bonds. The summed E-state index contributed by atoms with van der Waals surface area (Å²) in [6.07, 6.45) is 6.43. The van der Waals surface area contributed by atoms with Crippen LogP contribution in [0, 0.1) is 5.92 Å². The molecule has 0 spiro atoms. The molecule has 1 aliphatic rings. The Balaban J connectivity index is 1.72. The number of aryl methyl sites for hydroxylation is 2. The fourth-order valence-electron chi connectivity index (χ4n) is 3.06. The highest BCUT2D eigenvalue weighted by atomic mass is 79.9. The molecule has 3 rings (SSSR count). The van der Waals surface area contributed by atoms with Gasteiger partial charge in [-0.15, -0.1) is 0 Å². The number of hydrogen-bond acceptors (Lipinski definition) is 1. The highest BCUT2D eigenvalue weighted by molar-refractivity contribution is 9.09. The van der Waals surface area contributed by atoms with Gasteiger partial charge in [-0.25, -0.2) is 0 Å². The Morgan fingerprint density at radius 1 is 1.21 bits per heavy atom. The van der Waals surface area contributed by atoms with Crippen LogP contribution in [-0.4, -0.2) is 0 Å². The zero-order valence-electron chi connectivity index (χ0n) is 11.0. The van der Waals surface area contributed by atoms with Gasteiger partial charge in [0.2, 0.25) is 0 Å². The van der Waals surface area contributed by atoms with Crippen molar-refractivity contribution in [2.24, 2.45) is 5.92 Å². The molecule has 2 heteroatoms. The van der Waals surface area contributed by atoms with Crippen LogP contribution >= 0.6 is 27.3 Å². The number of alkyl halides is 1. The molecular weight excluding hydrogens is 316 g/mol. The molecule has 1 aliphatic carbocycles. The minimum Gasteiger partial charge on any atom is -0.152 e. The van der Waals surface area contributed by atoms with E-state index in [2.05, 4.69) is 57.0 Å². The zero-order chi connectivity index (χ0) is 13.1. The fraction of sp³-hybridized carbons (Fsp3) is 0.412. The quantitative estimate of drug-likeness (QED) is 0.493. The first-order valence-corrected chi connectivity index (χ1v) is 8.93. The summed E-state index contributed by atoms with van der Waals surface area (Å²) in [5, 5.41) is 4.47. The maximum absolute atomic E-state index is 3.97. The Morgan fingerprint density at radius 2 is 2.11 bits per heavy atom. The van der Waals surface area contributed by atoms with Crippen LogP contribution < -0.4 is 0 Å². The largest absolute Gasteiger partial charge is 0.152 e. The van der Waals surface area contributed by atoms with Gasteiger partial charge in [0.1, 0.15) is 0 Å². The molecular formula is C17H19BrS. The van der Waals surface area contributed by atoms with Crippen LogP contribution in [0.15, 0.2) is 41.1 Å². The second-order valence-electron chi connectivity index (χ2n) is 5.42. The van der Waals surface area contributed by atoms with Gasteiger partial charge in [0, 0.05) is 4.83 Å². The van der Waals surface area contributed by atoms with E-state index in [4.69, 9.17) is 0 Å². The smallest absolute Gasteiger partial charge is 0.0426 e. The second-order valence-corrected chi connectivity index (χ2v) is 7.19. The van der Waals surface area contributed by atoms with Crippen molar-refractivity contribution in [3.05, 3.63) is 57.8 Å². The summed E-state index contributed by atoms with van der Waals surface area (Å²) < 4.78 is 0. The van der Waals surface area contributed by atoms with Crippen molar-refractivity contribution in [3.63, 3.8) is 0 Å². The summed E-state index contributed by atoms with van der Waals surface area (Å²) in [5.41, 5.74) is 4.57. The first kappa shape index (κ1) is 13.4. The molecule has 1 aromatic heterocycles. The van der Waals surface area contributed by atoms with Crippen molar-refractivity contribution < 1.29 is 0 Å². The zero-order valence-corrected chi connectivity index (χ0v) is 13.4. The van der Waals surface area contributed by atoms with Crippen molar-refractivity contribution >= 4 is 27.3 Å². The standard InChI is InChI=1S/C17H19BrS/c18-17-15(9-8-13-10-11-19-12-13)6-3-5-14-4-1-2-7-16(14)17/h1-2,4,7,10-12,15,17H,3,5-6,8-9H2. The highest BCUT2D eigenvalue weighted by Crippen LogP contribution is 2.41. The van der Waals surface area contributed by atoms with E-state index in [1.165, 1.54) is 43.2 Å².